The first kappa shape index (κ1) is 16.9. The summed E-state index contributed by atoms with van der Waals surface area (Å²) in [5, 5.41) is 3.36. The van der Waals surface area contributed by atoms with Gasteiger partial charge in [0.15, 0.2) is 5.82 Å². The first-order chi connectivity index (χ1) is 9.45. The van der Waals surface area contributed by atoms with Crippen LogP contribution >= 0.6 is 0 Å². The van der Waals surface area contributed by atoms with E-state index in [4.69, 9.17) is 9.72 Å². The largest absolute Gasteiger partial charge is 0.371 e. The van der Waals surface area contributed by atoms with E-state index in [1.54, 1.807) is 7.11 Å². The van der Waals surface area contributed by atoms with Gasteiger partial charge < -0.3 is 10.1 Å². The zero-order chi connectivity index (χ0) is 15.2. The molecule has 0 spiro atoms. The fourth-order valence-corrected chi connectivity index (χ4v) is 1.99. The van der Waals surface area contributed by atoms with Gasteiger partial charge in [-0.25, -0.2) is 9.97 Å². The molecular weight excluding hydrogens is 250 g/mol. The van der Waals surface area contributed by atoms with Crippen LogP contribution < -0.4 is 5.32 Å². The summed E-state index contributed by atoms with van der Waals surface area (Å²) >= 11 is 0. The lowest BCUT2D eigenvalue weighted by Gasteiger charge is -2.26. The van der Waals surface area contributed by atoms with Crippen LogP contribution in [0.3, 0.4) is 0 Å². The van der Waals surface area contributed by atoms with Crippen LogP contribution in [0.5, 0.6) is 0 Å². The molecule has 0 aromatic carbocycles. The molecule has 0 saturated carbocycles. The molecule has 0 amide bonds. The van der Waals surface area contributed by atoms with Crippen molar-refractivity contribution in [1.29, 1.82) is 0 Å². The van der Waals surface area contributed by atoms with Gasteiger partial charge in [-0.05, 0) is 32.1 Å². The molecule has 1 rings (SSSR count). The molecule has 20 heavy (non-hydrogen) atoms. The Balaban J connectivity index is 3.14. The van der Waals surface area contributed by atoms with Crippen molar-refractivity contribution in [3.8, 4) is 0 Å². The van der Waals surface area contributed by atoms with Gasteiger partial charge in [0.1, 0.15) is 11.4 Å². The third-order valence-corrected chi connectivity index (χ3v) is 3.55. The Morgan fingerprint density at radius 2 is 2.00 bits per heavy atom. The van der Waals surface area contributed by atoms with E-state index in [9.17, 15) is 0 Å². The highest BCUT2D eigenvalue weighted by atomic mass is 16.5. The average Bonchev–Trinajstić information content (AvgIpc) is 2.43. The molecular formula is C16H29N3O. The summed E-state index contributed by atoms with van der Waals surface area (Å²) in [5.41, 5.74) is 0.663. The molecule has 4 nitrogen and oxygen atoms in total. The maximum Gasteiger partial charge on any atom is 0.162 e. The Kier molecular flexibility index (Phi) is 6.40. The van der Waals surface area contributed by atoms with E-state index in [0.717, 1.165) is 43.1 Å². The van der Waals surface area contributed by atoms with E-state index in [-0.39, 0.29) is 0 Å². The Morgan fingerprint density at radius 1 is 1.30 bits per heavy atom. The lowest BCUT2D eigenvalue weighted by molar-refractivity contribution is -0.00906. The topological polar surface area (TPSA) is 47.0 Å². The summed E-state index contributed by atoms with van der Waals surface area (Å²) in [6, 6.07) is 2.06. The van der Waals surface area contributed by atoms with E-state index < -0.39 is 5.60 Å². The number of rotatable bonds is 8. The molecule has 1 aromatic rings. The zero-order valence-electron chi connectivity index (χ0n) is 13.8. The maximum atomic E-state index is 5.64. The molecule has 1 heterocycles. The van der Waals surface area contributed by atoms with Gasteiger partial charge in [0, 0.05) is 25.4 Å². The van der Waals surface area contributed by atoms with Gasteiger partial charge >= 0.3 is 0 Å². The number of hydrogen-bond donors (Lipinski definition) is 1. The second-order valence-electron chi connectivity index (χ2n) is 5.88. The van der Waals surface area contributed by atoms with E-state index in [1.807, 2.05) is 6.92 Å². The second kappa shape index (κ2) is 7.58. The third-order valence-electron chi connectivity index (χ3n) is 3.55. The molecule has 0 aliphatic carbocycles. The van der Waals surface area contributed by atoms with Crippen LogP contribution in [0.15, 0.2) is 6.07 Å². The summed E-state index contributed by atoms with van der Waals surface area (Å²) in [6.07, 6.45) is 2.88. The molecule has 1 unspecified atom stereocenters. The first-order valence-corrected chi connectivity index (χ1v) is 7.62. The van der Waals surface area contributed by atoms with E-state index in [1.165, 1.54) is 0 Å². The third kappa shape index (κ3) is 4.44. The molecule has 0 fully saturated rings. The van der Waals surface area contributed by atoms with E-state index in [2.05, 4.69) is 44.1 Å². The molecule has 0 aliphatic heterocycles. The summed E-state index contributed by atoms with van der Waals surface area (Å²) in [6.45, 7) is 11.6. The highest BCUT2D eigenvalue weighted by molar-refractivity contribution is 5.37. The van der Waals surface area contributed by atoms with Gasteiger partial charge in [-0.2, -0.15) is 0 Å². The predicted molar refractivity (Wildman–Crippen MR) is 84.0 cm³/mol. The summed E-state index contributed by atoms with van der Waals surface area (Å²) in [5.74, 6) is 2.26. The highest BCUT2D eigenvalue weighted by Gasteiger charge is 2.28. The van der Waals surface area contributed by atoms with Crippen molar-refractivity contribution < 1.29 is 4.74 Å². The number of methoxy groups -OCH3 is 1. The summed E-state index contributed by atoms with van der Waals surface area (Å²) in [4.78, 5) is 9.36. The van der Waals surface area contributed by atoms with Gasteiger partial charge in [-0.3, -0.25) is 0 Å². The number of anilines is 1. The van der Waals surface area contributed by atoms with Crippen molar-refractivity contribution in [3.63, 3.8) is 0 Å². The summed E-state index contributed by atoms with van der Waals surface area (Å²) < 4.78 is 5.64. The van der Waals surface area contributed by atoms with Gasteiger partial charge in [-0.1, -0.05) is 27.7 Å². The van der Waals surface area contributed by atoms with Crippen molar-refractivity contribution in [2.24, 2.45) is 5.92 Å². The van der Waals surface area contributed by atoms with Crippen molar-refractivity contribution in [1.82, 2.24) is 9.97 Å². The SMILES string of the molecule is CCCNc1cc(CC(C)C)nc(C(C)(CC)OC)n1. The van der Waals surface area contributed by atoms with Crippen LogP contribution in [-0.2, 0) is 16.8 Å². The lowest BCUT2D eigenvalue weighted by atomic mass is 10.0. The monoisotopic (exact) mass is 279 g/mol. The molecule has 1 aromatic heterocycles. The minimum atomic E-state index is -0.421. The Labute approximate surface area is 123 Å². The molecule has 1 atom stereocenters. The fraction of sp³-hybridized carbons (Fsp3) is 0.750. The minimum Gasteiger partial charge on any atom is -0.371 e. The molecule has 114 valence electrons. The quantitative estimate of drug-likeness (QED) is 0.787. The predicted octanol–water partition coefficient (Wildman–Crippen LogP) is 3.77. The van der Waals surface area contributed by atoms with Crippen molar-refractivity contribution in [3.05, 3.63) is 17.6 Å². The lowest BCUT2D eigenvalue weighted by Crippen LogP contribution is -2.27. The van der Waals surface area contributed by atoms with E-state index in [0.29, 0.717) is 5.92 Å². The first-order valence-electron chi connectivity index (χ1n) is 7.62. The fourth-order valence-electron chi connectivity index (χ4n) is 1.99. The van der Waals surface area contributed by atoms with Crippen LogP contribution in [0.2, 0.25) is 0 Å². The number of nitrogens with one attached hydrogen (secondary N) is 1. The molecule has 0 aliphatic rings. The summed E-state index contributed by atoms with van der Waals surface area (Å²) in [7, 11) is 1.72. The van der Waals surface area contributed by atoms with E-state index >= 15 is 0 Å². The molecule has 0 radical (unpaired) electrons. The van der Waals surface area contributed by atoms with Crippen LogP contribution in [0.4, 0.5) is 5.82 Å². The Morgan fingerprint density at radius 3 is 2.50 bits per heavy atom. The second-order valence-corrected chi connectivity index (χ2v) is 5.88. The number of aromatic nitrogens is 2. The van der Waals surface area contributed by atoms with Gasteiger partial charge in [0.25, 0.3) is 0 Å². The van der Waals surface area contributed by atoms with Crippen LogP contribution in [0.1, 0.15) is 59.0 Å². The Bertz CT molecular complexity index is 414. The van der Waals surface area contributed by atoms with Gasteiger partial charge in [0.05, 0.1) is 0 Å². The number of hydrogen-bond acceptors (Lipinski definition) is 4. The molecule has 0 bridgehead atoms. The molecule has 1 N–H and O–H groups in total. The minimum absolute atomic E-state index is 0.421. The maximum absolute atomic E-state index is 5.64. The van der Waals surface area contributed by atoms with Gasteiger partial charge in [0.2, 0.25) is 0 Å². The van der Waals surface area contributed by atoms with Crippen LogP contribution in [0, 0.1) is 5.92 Å². The van der Waals surface area contributed by atoms with Crippen molar-refractivity contribution in [2.45, 2.75) is 59.5 Å². The zero-order valence-corrected chi connectivity index (χ0v) is 13.8. The molecule has 4 heteroatoms. The standard InChI is InChI=1S/C16H29N3O/c1-7-9-17-14-11-13(10-12(3)4)18-15(19-14)16(5,8-2)20-6/h11-12H,7-10H2,1-6H3,(H,17,18,19). The van der Waals surface area contributed by atoms with Crippen LogP contribution in [-0.4, -0.2) is 23.6 Å². The average molecular weight is 279 g/mol. The highest BCUT2D eigenvalue weighted by Crippen LogP contribution is 2.27. The van der Waals surface area contributed by atoms with Crippen LogP contribution in [0.25, 0.3) is 0 Å². The Hall–Kier alpha value is -1.16. The normalized spacial score (nSPS) is 14.3. The molecule has 0 saturated heterocycles. The number of nitrogens with zero attached hydrogens (tertiary/aromatic N) is 2. The number of ether oxygens (including phenoxy) is 1. The smallest absolute Gasteiger partial charge is 0.162 e. The van der Waals surface area contributed by atoms with Gasteiger partial charge in [-0.15, -0.1) is 0 Å². The van der Waals surface area contributed by atoms with Crippen molar-refractivity contribution >= 4 is 5.82 Å². The van der Waals surface area contributed by atoms with Crippen molar-refractivity contribution in [2.75, 3.05) is 19.0 Å².